The third-order valence-corrected chi connectivity index (χ3v) is 3.27. The van der Waals surface area contributed by atoms with Gasteiger partial charge in [0.05, 0.1) is 20.5 Å². The second-order valence-corrected chi connectivity index (χ2v) is 4.97. The molecule has 0 saturated heterocycles. The number of alkyl halides is 3. The van der Waals surface area contributed by atoms with Gasteiger partial charge in [-0.25, -0.2) is 4.68 Å². The van der Waals surface area contributed by atoms with Gasteiger partial charge >= 0.3 is 11.9 Å². The van der Waals surface area contributed by atoms with Gasteiger partial charge < -0.3 is 0 Å². The van der Waals surface area contributed by atoms with Gasteiger partial charge in [0.25, 0.3) is 0 Å². The van der Waals surface area contributed by atoms with E-state index in [9.17, 15) is 23.3 Å². The fourth-order valence-corrected chi connectivity index (χ4v) is 2.39. The van der Waals surface area contributed by atoms with Gasteiger partial charge in [-0.15, -0.1) is 5.10 Å². The van der Waals surface area contributed by atoms with Gasteiger partial charge in [-0.1, -0.05) is 34.8 Å². The number of hydrogen-bond donors (Lipinski definition) is 0. The highest BCUT2D eigenvalue weighted by Gasteiger charge is 2.32. The SMILES string of the molecule is O=[N+]([O-])c1cn(-c2c(Cl)cc(C(F)(F)F)cc2Cl)nc1Cl. The summed E-state index contributed by atoms with van der Waals surface area (Å²) in [7, 11) is 0. The molecule has 2 aromatic rings. The number of rotatable bonds is 2. The quantitative estimate of drug-likeness (QED) is 0.573. The van der Waals surface area contributed by atoms with E-state index in [4.69, 9.17) is 34.8 Å². The van der Waals surface area contributed by atoms with Crippen LogP contribution in [0.3, 0.4) is 0 Å². The van der Waals surface area contributed by atoms with Crippen LogP contribution in [0.2, 0.25) is 15.2 Å². The van der Waals surface area contributed by atoms with Gasteiger partial charge in [0.15, 0.2) is 0 Å². The first kappa shape index (κ1) is 15.9. The van der Waals surface area contributed by atoms with Gasteiger partial charge in [-0.05, 0) is 12.1 Å². The van der Waals surface area contributed by atoms with E-state index in [0.717, 1.165) is 10.9 Å². The number of nitrogens with zero attached hydrogens (tertiary/aromatic N) is 3. The van der Waals surface area contributed by atoms with Crippen LogP contribution < -0.4 is 0 Å². The summed E-state index contributed by atoms with van der Waals surface area (Å²) in [5.41, 5.74) is -1.71. The summed E-state index contributed by atoms with van der Waals surface area (Å²) in [5.74, 6) is 0. The lowest BCUT2D eigenvalue weighted by atomic mass is 10.2. The molecule has 1 aromatic carbocycles. The van der Waals surface area contributed by atoms with Crippen LogP contribution in [-0.2, 0) is 6.18 Å². The molecule has 1 heterocycles. The zero-order valence-electron chi connectivity index (χ0n) is 9.66. The summed E-state index contributed by atoms with van der Waals surface area (Å²) in [6.07, 6.45) is -3.72. The van der Waals surface area contributed by atoms with Gasteiger partial charge in [0.2, 0.25) is 5.15 Å². The normalized spacial score (nSPS) is 11.7. The highest BCUT2D eigenvalue weighted by Crippen LogP contribution is 2.38. The lowest BCUT2D eigenvalue weighted by Crippen LogP contribution is -2.06. The summed E-state index contributed by atoms with van der Waals surface area (Å²) in [4.78, 5) is 9.88. The number of nitro groups is 1. The molecule has 0 amide bonds. The van der Waals surface area contributed by atoms with E-state index in [1.807, 2.05) is 0 Å². The summed E-state index contributed by atoms with van der Waals surface area (Å²) >= 11 is 17.1. The van der Waals surface area contributed by atoms with Crippen molar-refractivity contribution < 1.29 is 18.1 Å². The van der Waals surface area contributed by atoms with Crippen LogP contribution in [0.4, 0.5) is 18.9 Å². The van der Waals surface area contributed by atoms with E-state index in [-0.39, 0.29) is 15.7 Å². The Morgan fingerprint density at radius 1 is 1.19 bits per heavy atom. The maximum absolute atomic E-state index is 12.6. The van der Waals surface area contributed by atoms with E-state index in [1.54, 1.807) is 0 Å². The van der Waals surface area contributed by atoms with Crippen LogP contribution in [0.25, 0.3) is 5.69 Å². The maximum Gasteiger partial charge on any atom is 0.416 e. The van der Waals surface area contributed by atoms with E-state index in [1.165, 1.54) is 0 Å². The Kier molecular flexibility index (Phi) is 4.05. The first-order valence-corrected chi connectivity index (χ1v) is 6.21. The molecule has 0 N–H and O–H groups in total. The number of hydrogen-bond acceptors (Lipinski definition) is 3. The van der Waals surface area contributed by atoms with Crippen LogP contribution in [0, 0.1) is 10.1 Å². The fourth-order valence-electron chi connectivity index (χ4n) is 1.53. The average Bonchev–Trinajstić information content (AvgIpc) is 2.69. The lowest BCUT2D eigenvalue weighted by Gasteiger charge is -2.11. The van der Waals surface area contributed by atoms with Gasteiger partial charge in [0, 0.05) is 0 Å². The summed E-state index contributed by atoms with van der Waals surface area (Å²) in [6, 6.07) is 1.29. The molecule has 0 aliphatic rings. The monoisotopic (exact) mass is 359 g/mol. The van der Waals surface area contributed by atoms with Crippen molar-refractivity contribution in [1.29, 1.82) is 0 Å². The Morgan fingerprint density at radius 3 is 2.10 bits per heavy atom. The molecule has 0 radical (unpaired) electrons. The molecule has 11 heteroatoms. The minimum atomic E-state index is -4.63. The van der Waals surface area contributed by atoms with Gasteiger partial charge in [-0.3, -0.25) is 10.1 Å². The second-order valence-electron chi connectivity index (χ2n) is 3.79. The van der Waals surface area contributed by atoms with Crippen LogP contribution in [0.5, 0.6) is 0 Å². The number of benzene rings is 1. The Morgan fingerprint density at radius 2 is 1.71 bits per heavy atom. The van der Waals surface area contributed by atoms with Crippen molar-refractivity contribution in [1.82, 2.24) is 9.78 Å². The fraction of sp³-hybridized carbons (Fsp3) is 0.100. The average molecular weight is 361 g/mol. The number of halogens is 6. The zero-order chi connectivity index (χ0) is 15.9. The summed E-state index contributed by atoms with van der Waals surface area (Å²) in [6.45, 7) is 0. The van der Waals surface area contributed by atoms with Crippen LogP contribution in [0.1, 0.15) is 5.56 Å². The highest BCUT2D eigenvalue weighted by atomic mass is 35.5. The molecule has 21 heavy (non-hydrogen) atoms. The predicted molar refractivity (Wildman–Crippen MR) is 70.3 cm³/mol. The molecule has 0 atom stereocenters. The molecule has 5 nitrogen and oxygen atoms in total. The molecule has 0 aliphatic heterocycles. The zero-order valence-corrected chi connectivity index (χ0v) is 11.9. The first-order valence-electron chi connectivity index (χ1n) is 5.07. The van der Waals surface area contributed by atoms with Crippen molar-refractivity contribution in [2.75, 3.05) is 0 Å². The van der Waals surface area contributed by atoms with Crippen molar-refractivity contribution in [2.45, 2.75) is 6.18 Å². The largest absolute Gasteiger partial charge is 0.416 e. The van der Waals surface area contributed by atoms with Crippen LogP contribution in [-0.4, -0.2) is 14.7 Å². The minimum Gasteiger partial charge on any atom is -0.258 e. The third-order valence-electron chi connectivity index (χ3n) is 2.42. The summed E-state index contributed by atoms with van der Waals surface area (Å²) in [5, 5.41) is 13.1. The molecule has 0 aliphatic carbocycles. The van der Waals surface area contributed by atoms with E-state index in [2.05, 4.69) is 5.10 Å². The van der Waals surface area contributed by atoms with E-state index >= 15 is 0 Å². The molecule has 112 valence electrons. The lowest BCUT2D eigenvalue weighted by molar-refractivity contribution is -0.384. The third kappa shape index (κ3) is 3.07. The molecule has 0 bridgehead atoms. The predicted octanol–water partition coefficient (Wildman–Crippen LogP) is 4.76. The molecular weight excluding hydrogens is 357 g/mol. The molecule has 1 aromatic heterocycles. The Bertz CT molecular complexity index is 707. The maximum atomic E-state index is 12.6. The molecule has 0 unspecified atom stereocenters. The van der Waals surface area contributed by atoms with Crippen molar-refractivity contribution in [3.8, 4) is 5.69 Å². The van der Waals surface area contributed by atoms with Gasteiger partial charge in [-0.2, -0.15) is 13.2 Å². The topological polar surface area (TPSA) is 61.0 Å². The molecule has 0 fully saturated rings. The molecule has 0 saturated carbocycles. The van der Waals surface area contributed by atoms with E-state index in [0.29, 0.717) is 12.1 Å². The minimum absolute atomic E-state index is 0.138. The van der Waals surface area contributed by atoms with Crippen LogP contribution in [0.15, 0.2) is 18.3 Å². The Labute approximate surface area is 130 Å². The molecule has 0 spiro atoms. The Hall–Kier alpha value is -1.51. The van der Waals surface area contributed by atoms with E-state index < -0.39 is 27.5 Å². The highest BCUT2D eigenvalue weighted by molar-refractivity contribution is 6.38. The molecule has 2 rings (SSSR count). The van der Waals surface area contributed by atoms with Gasteiger partial charge in [0.1, 0.15) is 11.9 Å². The van der Waals surface area contributed by atoms with Crippen molar-refractivity contribution >= 4 is 40.5 Å². The van der Waals surface area contributed by atoms with Crippen LogP contribution >= 0.6 is 34.8 Å². The Balaban J connectivity index is 2.60. The number of aromatic nitrogens is 2. The molecular formula is C10H3Cl3F3N3O2. The van der Waals surface area contributed by atoms with Crippen molar-refractivity contribution in [3.05, 3.63) is 49.2 Å². The first-order chi connectivity index (χ1) is 9.61. The second kappa shape index (κ2) is 5.36. The standard InChI is InChI=1S/C10H3Cl3F3N3O2/c11-5-1-4(10(14,15)16)2-6(12)8(5)18-3-7(19(20)21)9(13)17-18/h1-3H. The van der Waals surface area contributed by atoms with Crippen molar-refractivity contribution in [2.24, 2.45) is 0 Å². The summed E-state index contributed by atoms with van der Waals surface area (Å²) < 4.78 is 38.7. The van der Waals surface area contributed by atoms with Crippen molar-refractivity contribution in [3.63, 3.8) is 0 Å². The smallest absolute Gasteiger partial charge is 0.258 e.